The number of hydrogen-bond donors (Lipinski definition) is 2. The molecule has 110 valence electrons. The average molecular weight is 301 g/mol. The third-order valence-electron chi connectivity index (χ3n) is 2.90. The molecule has 0 unspecified atom stereocenters. The van der Waals surface area contributed by atoms with E-state index in [9.17, 15) is 4.79 Å². The van der Waals surface area contributed by atoms with E-state index in [0.29, 0.717) is 34.9 Å². The fraction of sp³-hybridized carbons (Fsp3) is 0.333. The number of rotatable bonds is 4. The Morgan fingerprint density at radius 2 is 1.90 bits per heavy atom. The lowest BCUT2D eigenvalue weighted by atomic mass is 10.2. The van der Waals surface area contributed by atoms with Crippen LogP contribution in [0.2, 0.25) is 0 Å². The van der Waals surface area contributed by atoms with Crippen LogP contribution in [0.25, 0.3) is 10.9 Å². The second-order valence-corrected chi connectivity index (χ2v) is 3.85. The first kappa shape index (κ1) is 16.1. The molecule has 1 aromatic carbocycles. The highest BCUT2D eigenvalue weighted by Gasteiger charge is 2.13. The third-order valence-corrected chi connectivity index (χ3v) is 2.90. The van der Waals surface area contributed by atoms with E-state index in [1.807, 2.05) is 6.92 Å². The van der Waals surface area contributed by atoms with Crippen molar-refractivity contribution in [3.8, 4) is 11.5 Å². The van der Waals surface area contributed by atoms with E-state index in [0.717, 1.165) is 0 Å². The van der Waals surface area contributed by atoms with Crippen molar-refractivity contribution in [1.29, 1.82) is 0 Å². The standard InChI is InChI=1S/C12H16N4O3.ClH/c1-4-16-11(17)7-5-9(18-2)10(19-3)6-8(7)14-12(16)15-13;/h5-6H,4,13H2,1-3H3,(H,14,15);1H. The number of aromatic nitrogens is 2. The minimum absolute atomic E-state index is 0. The van der Waals surface area contributed by atoms with Crippen LogP contribution < -0.4 is 26.3 Å². The first-order valence-electron chi connectivity index (χ1n) is 5.79. The van der Waals surface area contributed by atoms with E-state index in [1.165, 1.54) is 18.8 Å². The Bertz CT molecular complexity index is 667. The molecule has 0 fully saturated rings. The molecule has 0 saturated carbocycles. The van der Waals surface area contributed by atoms with Gasteiger partial charge in [0.25, 0.3) is 5.56 Å². The number of nitrogens with one attached hydrogen (secondary N) is 1. The van der Waals surface area contributed by atoms with Crippen LogP contribution in [0.15, 0.2) is 16.9 Å². The topological polar surface area (TPSA) is 91.4 Å². The molecule has 0 aliphatic rings. The number of fused-ring (bicyclic) bond motifs is 1. The van der Waals surface area contributed by atoms with Crippen molar-refractivity contribution in [3.05, 3.63) is 22.5 Å². The Morgan fingerprint density at radius 3 is 2.40 bits per heavy atom. The molecular weight excluding hydrogens is 284 g/mol. The Labute approximate surface area is 122 Å². The largest absolute Gasteiger partial charge is 0.493 e. The van der Waals surface area contributed by atoms with Gasteiger partial charge in [-0.05, 0) is 13.0 Å². The van der Waals surface area contributed by atoms with Gasteiger partial charge in [-0.15, -0.1) is 12.4 Å². The number of halogens is 1. The molecular formula is C12H17ClN4O3. The maximum atomic E-state index is 12.3. The predicted molar refractivity (Wildman–Crippen MR) is 79.8 cm³/mol. The maximum Gasteiger partial charge on any atom is 0.262 e. The van der Waals surface area contributed by atoms with Gasteiger partial charge in [-0.2, -0.15) is 0 Å². The lowest BCUT2D eigenvalue weighted by Crippen LogP contribution is -2.26. The number of methoxy groups -OCH3 is 2. The number of nitrogens with zero attached hydrogens (tertiary/aromatic N) is 2. The van der Waals surface area contributed by atoms with Gasteiger partial charge in [0, 0.05) is 12.6 Å². The minimum atomic E-state index is -0.179. The molecule has 0 aliphatic heterocycles. The quantitative estimate of drug-likeness (QED) is 0.650. The van der Waals surface area contributed by atoms with Crippen molar-refractivity contribution >= 4 is 29.3 Å². The Morgan fingerprint density at radius 1 is 1.30 bits per heavy atom. The summed E-state index contributed by atoms with van der Waals surface area (Å²) in [5.74, 6) is 6.70. The zero-order valence-electron chi connectivity index (χ0n) is 11.5. The summed E-state index contributed by atoms with van der Waals surface area (Å²) in [6.45, 7) is 2.31. The van der Waals surface area contributed by atoms with Crippen LogP contribution in [0.4, 0.5) is 5.95 Å². The van der Waals surface area contributed by atoms with Crippen LogP contribution in [0.1, 0.15) is 6.92 Å². The van der Waals surface area contributed by atoms with Gasteiger partial charge in [-0.1, -0.05) is 0 Å². The van der Waals surface area contributed by atoms with E-state index in [1.54, 1.807) is 12.1 Å². The maximum absolute atomic E-state index is 12.3. The van der Waals surface area contributed by atoms with Crippen molar-refractivity contribution in [2.45, 2.75) is 13.5 Å². The molecule has 2 rings (SSSR count). The molecule has 0 aliphatic carbocycles. The molecule has 1 heterocycles. The van der Waals surface area contributed by atoms with Crippen LogP contribution in [0.5, 0.6) is 11.5 Å². The van der Waals surface area contributed by atoms with Gasteiger partial charge in [0.1, 0.15) is 0 Å². The number of hydrazine groups is 1. The van der Waals surface area contributed by atoms with Gasteiger partial charge in [-0.25, -0.2) is 10.8 Å². The molecule has 8 heteroatoms. The number of ether oxygens (including phenoxy) is 2. The van der Waals surface area contributed by atoms with E-state index in [2.05, 4.69) is 10.4 Å². The van der Waals surface area contributed by atoms with E-state index < -0.39 is 0 Å². The van der Waals surface area contributed by atoms with Crippen molar-refractivity contribution in [2.75, 3.05) is 19.6 Å². The van der Waals surface area contributed by atoms with E-state index in [-0.39, 0.29) is 18.0 Å². The molecule has 0 bridgehead atoms. The van der Waals surface area contributed by atoms with Gasteiger partial charge >= 0.3 is 0 Å². The number of nitrogen functional groups attached to an aromatic ring is 1. The fourth-order valence-corrected chi connectivity index (χ4v) is 1.95. The highest BCUT2D eigenvalue weighted by molar-refractivity contribution is 5.85. The van der Waals surface area contributed by atoms with Crippen molar-refractivity contribution in [1.82, 2.24) is 9.55 Å². The van der Waals surface area contributed by atoms with Gasteiger partial charge in [0.05, 0.1) is 25.1 Å². The minimum Gasteiger partial charge on any atom is -0.493 e. The number of hydrogen-bond acceptors (Lipinski definition) is 6. The number of benzene rings is 1. The fourth-order valence-electron chi connectivity index (χ4n) is 1.95. The van der Waals surface area contributed by atoms with Crippen LogP contribution in [-0.4, -0.2) is 23.8 Å². The van der Waals surface area contributed by atoms with E-state index in [4.69, 9.17) is 15.3 Å². The monoisotopic (exact) mass is 300 g/mol. The molecule has 1 aromatic heterocycles. The SMILES string of the molecule is CCn1c(NN)nc2cc(OC)c(OC)cc2c1=O.Cl. The lowest BCUT2D eigenvalue weighted by molar-refractivity contribution is 0.355. The van der Waals surface area contributed by atoms with Crippen molar-refractivity contribution in [3.63, 3.8) is 0 Å². The molecule has 7 nitrogen and oxygen atoms in total. The highest BCUT2D eigenvalue weighted by atomic mass is 35.5. The summed E-state index contributed by atoms with van der Waals surface area (Å²) in [4.78, 5) is 16.6. The Hall–Kier alpha value is -1.99. The second kappa shape index (κ2) is 6.44. The molecule has 20 heavy (non-hydrogen) atoms. The average Bonchev–Trinajstić information content (AvgIpc) is 2.45. The van der Waals surface area contributed by atoms with Gasteiger partial charge in [-0.3, -0.25) is 14.8 Å². The molecule has 0 radical (unpaired) electrons. The first-order chi connectivity index (χ1) is 9.15. The number of nitrogens with two attached hydrogens (primary N) is 1. The first-order valence-corrected chi connectivity index (χ1v) is 5.79. The summed E-state index contributed by atoms with van der Waals surface area (Å²) < 4.78 is 11.8. The summed E-state index contributed by atoms with van der Waals surface area (Å²) in [5, 5.41) is 0.457. The molecule has 2 aromatic rings. The van der Waals surface area contributed by atoms with Gasteiger partial charge in [0.15, 0.2) is 11.5 Å². The second-order valence-electron chi connectivity index (χ2n) is 3.85. The molecule has 0 atom stereocenters. The molecule has 0 amide bonds. The van der Waals surface area contributed by atoms with Crippen LogP contribution in [0, 0.1) is 0 Å². The normalized spacial score (nSPS) is 10.0. The summed E-state index contributed by atoms with van der Waals surface area (Å²) in [5.41, 5.74) is 2.75. The molecule has 3 N–H and O–H groups in total. The Kier molecular flexibility index (Phi) is 5.18. The molecule has 0 saturated heterocycles. The zero-order valence-corrected chi connectivity index (χ0v) is 12.3. The van der Waals surface area contributed by atoms with Crippen LogP contribution in [-0.2, 0) is 6.54 Å². The smallest absolute Gasteiger partial charge is 0.262 e. The summed E-state index contributed by atoms with van der Waals surface area (Å²) in [6, 6.07) is 3.27. The van der Waals surface area contributed by atoms with Crippen LogP contribution in [0.3, 0.4) is 0 Å². The Balaban J connectivity index is 0.00000200. The van der Waals surface area contributed by atoms with Crippen LogP contribution >= 0.6 is 12.4 Å². The summed E-state index contributed by atoms with van der Waals surface area (Å²) in [6.07, 6.45) is 0. The van der Waals surface area contributed by atoms with Crippen molar-refractivity contribution in [2.24, 2.45) is 5.84 Å². The van der Waals surface area contributed by atoms with Gasteiger partial charge in [0.2, 0.25) is 5.95 Å². The zero-order chi connectivity index (χ0) is 14.0. The van der Waals surface area contributed by atoms with Gasteiger partial charge < -0.3 is 9.47 Å². The molecule has 0 spiro atoms. The third kappa shape index (κ3) is 2.50. The summed E-state index contributed by atoms with van der Waals surface area (Å²) in [7, 11) is 3.05. The predicted octanol–water partition coefficient (Wildman–Crippen LogP) is 1.14. The summed E-state index contributed by atoms with van der Waals surface area (Å²) >= 11 is 0. The lowest BCUT2D eigenvalue weighted by Gasteiger charge is -2.12. The number of anilines is 1. The van der Waals surface area contributed by atoms with E-state index >= 15 is 0 Å². The highest BCUT2D eigenvalue weighted by Crippen LogP contribution is 2.30. The van der Waals surface area contributed by atoms with Crippen molar-refractivity contribution < 1.29 is 9.47 Å².